The number of fused-ring (bicyclic) bond motifs is 1. The zero-order valence-corrected chi connectivity index (χ0v) is 11.4. The number of halogens is 1. The van der Waals surface area contributed by atoms with Gasteiger partial charge >= 0.3 is 0 Å². The molecule has 3 nitrogen and oxygen atoms in total. The van der Waals surface area contributed by atoms with Crippen molar-refractivity contribution in [2.45, 2.75) is 37.5 Å². The minimum Gasteiger partial charge on any atom is -0.485 e. The number of hydrogen-bond acceptors (Lipinski definition) is 3. The number of likely N-dealkylation sites (N-methyl/N-ethyl adjacent to an activating group) is 1. The van der Waals surface area contributed by atoms with Crippen molar-refractivity contribution < 1.29 is 9.84 Å². The van der Waals surface area contributed by atoms with Crippen molar-refractivity contribution in [3.63, 3.8) is 0 Å². The summed E-state index contributed by atoms with van der Waals surface area (Å²) < 4.78 is 6.19. The van der Waals surface area contributed by atoms with Crippen LogP contribution in [0.15, 0.2) is 18.2 Å². The summed E-state index contributed by atoms with van der Waals surface area (Å²) >= 11 is 5.96. The SMILES string of the molecule is CC1CC2(CC(O)c3cc(Cl)ccc3O2)CN1C. The van der Waals surface area contributed by atoms with E-state index in [9.17, 15) is 5.11 Å². The Balaban J connectivity index is 1.95. The Morgan fingerprint density at radius 1 is 1.44 bits per heavy atom. The summed E-state index contributed by atoms with van der Waals surface area (Å²) in [6.45, 7) is 3.06. The lowest BCUT2D eigenvalue weighted by molar-refractivity contribution is -0.00607. The number of likely N-dealkylation sites (tertiary alicyclic amines) is 1. The molecular formula is C14H18ClNO2. The average molecular weight is 268 g/mol. The fraction of sp³-hybridized carbons (Fsp3) is 0.571. The fourth-order valence-electron chi connectivity index (χ4n) is 3.20. The minimum absolute atomic E-state index is 0.242. The summed E-state index contributed by atoms with van der Waals surface area (Å²) in [5.41, 5.74) is 0.573. The van der Waals surface area contributed by atoms with Gasteiger partial charge in [-0.25, -0.2) is 0 Å². The van der Waals surface area contributed by atoms with E-state index < -0.39 is 6.10 Å². The molecule has 1 fully saturated rings. The maximum absolute atomic E-state index is 10.3. The molecule has 3 rings (SSSR count). The fourth-order valence-corrected chi connectivity index (χ4v) is 3.38. The molecule has 1 N–H and O–H groups in total. The van der Waals surface area contributed by atoms with Gasteiger partial charge in [0.2, 0.25) is 0 Å². The molecular weight excluding hydrogens is 250 g/mol. The van der Waals surface area contributed by atoms with E-state index in [4.69, 9.17) is 16.3 Å². The monoisotopic (exact) mass is 267 g/mol. The average Bonchev–Trinajstić information content (AvgIpc) is 2.55. The van der Waals surface area contributed by atoms with Crippen molar-refractivity contribution >= 4 is 11.6 Å². The van der Waals surface area contributed by atoms with Gasteiger partial charge in [-0.05, 0) is 32.2 Å². The van der Waals surface area contributed by atoms with Crippen LogP contribution in [0.3, 0.4) is 0 Å². The maximum atomic E-state index is 10.3. The van der Waals surface area contributed by atoms with Crippen molar-refractivity contribution in [3.05, 3.63) is 28.8 Å². The van der Waals surface area contributed by atoms with Crippen molar-refractivity contribution in [1.82, 2.24) is 4.90 Å². The first-order valence-corrected chi connectivity index (χ1v) is 6.74. The highest BCUT2D eigenvalue weighted by Gasteiger charge is 2.47. The third-order valence-corrected chi connectivity index (χ3v) is 4.42. The second kappa shape index (κ2) is 4.12. The lowest BCUT2D eigenvalue weighted by atomic mass is 9.87. The molecule has 2 aliphatic rings. The number of hydrogen-bond donors (Lipinski definition) is 1. The first kappa shape index (κ1) is 12.3. The number of aliphatic hydroxyl groups excluding tert-OH is 1. The van der Waals surface area contributed by atoms with E-state index in [0.717, 1.165) is 24.3 Å². The normalized spacial score (nSPS) is 35.6. The second-order valence-corrected chi connectivity index (χ2v) is 6.09. The molecule has 98 valence electrons. The van der Waals surface area contributed by atoms with Gasteiger partial charge in [0.1, 0.15) is 11.4 Å². The Labute approximate surface area is 112 Å². The molecule has 0 aliphatic carbocycles. The molecule has 1 spiro atoms. The quantitative estimate of drug-likeness (QED) is 0.784. The maximum Gasteiger partial charge on any atom is 0.126 e. The molecule has 0 saturated carbocycles. The lowest BCUT2D eigenvalue weighted by Crippen LogP contribution is -2.43. The zero-order valence-electron chi connectivity index (χ0n) is 10.7. The van der Waals surface area contributed by atoms with Gasteiger partial charge < -0.3 is 9.84 Å². The van der Waals surface area contributed by atoms with Crippen LogP contribution in [0.5, 0.6) is 5.75 Å². The molecule has 1 aromatic rings. The first-order chi connectivity index (χ1) is 8.49. The summed E-state index contributed by atoms with van der Waals surface area (Å²) in [6.07, 6.45) is 1.13. The number of benzene rings is 1. The number of aliphatic hydroxyl groups is 1. The zero-order chi connectivity index (χ0) is 12.9. The second-order valence-electron chi connectivity index (χ2n) is 5.66. The van der Waals surface area contributed by atoms with E-state index in [-0.39, 0.29) is 5.60 Å². The van der Waals surface area contributed by atoms with Crippen LogP contribution in [-0.2, 0) is 0 Å². The molecule has 0 bridgehead atoms. The summed E-state index contributed by atoms with van der Waals surface area (Å²) in [4.78, 5) is 2.29. The molecule has 4 heteroatoms. The van der Waals surface area contributed by atoms with Gasteiger partial charge in [0.05, 0.1) is 6.10 Å². The van der Waals surface area contributed by atoms with E-state index in [1.54, 1.807) is 6.07 Å². The highest BCUT2D eigenvalue weighted by atomic mass is 35.5. The van der Waals surface area contributed by atoms with Gasteiger partial charge in [0.25, 0.3) is 0 Å². The van der Waals surface area contributed by atoms with Crippen LogP contribution >= 0.6 is 11.6 Å². The Hall–Kier alpha value is -0.770. The van der Waals surface area contributed by atoms with E-state index in [0.29, 0.717) is 17.5 Å². The van der Waals surface area contributed by atoms with E-state index in [2.05, 4.69) is 18.9 Å². The summed E-state index contributed by atoms with van der Waals surface area (Å²) in [6, 6.07) is 5.97. The van der Waals surface area contributed by atoms with E-state index >= 15 is 0 Å². The van der Waals surface area contributed by atoms with Crippen molar-refractivity contribution in [2.24, 2.45) is 0 Å². The number of ether oxygens (including phenoxy) is 1. The predicted molar refractivity (Wildman–Crippen MR) is 71.1 cm³/mol. The van der Waals surface area contributed by atoms with Crippen molar-refractivity contribution in [3.8, 4) is 5.75 Å². The van der Waals surface area contributed by atoms with Gasteiger partial charge in [-0.2, -0.15) is 0 Å². The van der Waals surface area contributed by atoms with Crippen LogP contribution < -0.4 is 4.74 Å². The standard InChI is InChI=1S/C14H18ClNO2/c1-9-6-14(8-16(9)2)7-12(17)11-5-10(15)3-4-13(11)18-14/h3-5,9,12,17H,6-8H2,1-2H3. The van der Waals surface area contributed by atoms with E-state index in [1.807, 2.05) is 12.1 Å². The number of nitrogens with zero attached hydrogens (tertiary/aromatic N) is 1. The summed E-state index contributed by atoms with van der Waals surface area (Å²) in [7, 11) is 2.10. The summed E-state index contributed by atoms with van der Waals surface area (Å²) in [5.74, 6) is 0.778. The Morgan fingerprint density at radius 2 is 2.22 bits per heavy atom. The van der Waals surface area contributed by atoms with Crippen molar-refractivity contribution in [1.29, 1.82) is 0 Å². The third kappa shape index (κ3) is 1.91. The largest absolute Gasteiger partial charge is 0.485 e. The molecule has 0 radical (unpaired) electrons. The Kier molecular flexibility index (Phi) is 2.81. The third-order valence-electron chi connectivity index (χ3n) is 4.18. The smallest absolute Gasteiger partial charge is 0.126 e. The molecule has 1 aromatic carbocycles. The highest BCUT2D eigenvalue weighted by Crippen LogP contribution is 2.45. The van der Waals surface area contributed by atoms with Gasteiger partial charge in [0, 0.05) is 36.0 Å². The van der Waals surface area contributed by atoms with Crippen LogP contribution in [0.1, 0.15) is 31.4 Å². The Morgan fingerprint density at radius 3 is 2.89 bits per heavy atom. The molecule has 0 amide bonds. The highest BCUT2D eigenvalue weighted by molar-refractivity contribution is 6.30. The van der Waals surface area contributed by atoms with Crippen molar-refractivity contribution in [2.75, 3.05) is 13.6 Å². The van der Waals surface area contributed by atoms with Gasteiger partial charge in [0.15, 0.2) is 0 Å². The molecule has 0 aromatic heterocycles. The Bertz CT molecular complexity index is 467. The van der Waals surface area contributed by atoms with Gasteiger partial charge in [-0.1, -0.05) is 11.6 Å². The molecule has 2 heterocycles. The minimum atomic E-state index is -0.480. The van der Waals surface area contributed by atoms with Gasteiger partial charge in [-0.3, -0.25) is 4.90 Å². The molecule has 18 heavy (non-hydrogen) atoms. The van der Waals surface area contributed by atoms with Crippen LogP contribution in [0.2, 0.25) is 5.02 Å². The first-order valence-electron chi connectivity index (χ1n) is 6.36. The van der Waals surface area contributed by atoms with Gasteiger partial charge in [-0.15, -0.1) is 0 Å². The molecule has 2 aliphatic heterocycles. The summed E-state index contributed by atoms with van der Waals surface area (Å²) in [5, 5.41) is 11.0. The molecule has 3 unspecified atom stereocenters. The van der Waals surface area contributed by atoms with Crippen LogP contribution in [0.25, 0.3) is 0 Å². The number of rotatable bonds is 0. The van der Waals surface area contributed by atoms with Crippen LogP contribution in [0, 0.1) is 0 Å². The van der Waals surface area contributed by atoms with E-state index in [1.165, 1.54) is 0 Å². The topological polar surface area (TPSA) is 32.7 Å². The molecule has 3 atom stereocenters. The van der Waals surface area contributed by atoms with Crippen LogP contribution in [-0.4, -0.2) is 35.2 Å². The molecule has 1 saturated heterocycles. The predicted octanol–water partition coefficient (Wildman–Crippen LogP) is 2.62. The van der Waals surface area contributed by atoms with Crippen LogP contribution in [0.4, 0.5) is 0 Å². The lowest BCUT2D eigenvalue weighted by Gasteiger charge is -2.38.